The van der Waals surface area contributed by atoms with Crippen LogP contribution in [0.25, 0.3) is 0 Å². The van der Waals surface area contributed by atoms with Crippen molar-refractivity contribution in [3.63, 3.8) is 0 Å². The lowest BCUT2D eigenvalue weighted by atomic mass is 10.3. The molecule has 0 amide bonds. The van der Waals surface area contributed by atoms with Crippen LogP contribution in [0.1, 0.15) is 20.8 Å². The number of hydrogen-bond acceptors (Lipinski definition) is 1. The SMILES string of the molecule is CC=C(C)C.O=CS. The fraction of sp³-hybridized carbons (Fsp3) is 0.500. The molecule has 0 aromatic carbocycles. The molecule has 1 nitrogen and oxygen atoms in total. The van der Waals surface area contributed by atoms with Gasteiger partial charge in [0.1, 0.15) is 0 Å². The lowest BCUT2D eigenvalue weighted by Crippen LogP contribution is -1.52. The maximum atomic E-state index is 8.67. The van der Waals surface area contributed by atoms with E-state index in [0.717, 1.165) is 0 Å². The summed E-state index contributed by atoms with van der Waals surface area (Å²) in [6.07, 6.45) is 2.08. The van der Waals surface area contributed by atoms with E-state index in [2.05, 4.69) is 32.6 Å². The topological polar surface area (TPSA) is 17.1 Å². The lowest BCUT2D eigenvalue weighted by molar-refractivity contribution is 0.570. The highest BCUT2D eigenvalue weighted by Crippen LogP contribution is 1.82. The maximum Gasteiger partial charge on any atom is 0.173 e. The van der Waals surface area contributed by atoms with Gasteiger partial charge in [-0.3, -0.25) is 4.79 Å². The normalized spacial score (nSPS) is 6.00. The zero-order chi connectivity index (χ0) is 6.99. The van der Waals surface area contributed by atoms with Crippen molar-refractivity contribution in [3.8, 4) is 0 Å². The van der Waals surface area contributed by atoms with E-state index in [1.807, 2.05) is 6.92 Å². The molecule has 0 aliphatic heterocycles. The van der Waals surface area contributed by atoms with Gasteiger partial charge in [0, 0.05) is 0 Å². The standard InChI is InChI=1S/C5H10.CH2OS/c1-4-5(2)3;2-1-3/h4H,1-3H3;1H,(H,2,3). The third-order valence-corrected chi connectivity index (χ3v) is 0.577. The molecule has 8 heavy (non-hydrogen) atoms. The second-order valence-corrected chi connectivity index (χ2v) is 1.68. The zero-order valence-electron chi connectivity index (χ0n) is 5.51. The average Bonchev–Trinajstić information content (AvgIpc) is 1.69. The van der Waals surface area contributed by atoms with Crippen LogP contribution in [0.15, 0.2) is 11.6 Å². The molecule has 0 atom stereocenters. The summed E-state index contributed by atoms with van der Waals surface area (Å²) in [5, 5.41) is 0. The van der Waals surface area contributed by atoms with Gasteiger partial charge in [0.25, 0.3) is 0 Å². The highest BCUT2D eigenvalue weighted by molar-refractivity contribution is 7.94. The van der Waals surface area contributed by atoms with Gasteiger partial charge in [0.05, 0.1) is 0 Å². The first-order valence-corrected chi connectivity index (χ1v) is 2.88. The van der Waals surface area contributed by atoms with Crippen molar-refractivity contribution in [2.45, 2.75) is 20.8 Å². The van der Waals surface area contributed by atoms with Crippen molar-refractivity contribution in [1.29, 1.82) is 0 Å². The maximum absolute atomic E-state index is 8.67. The van der Waals surface area contributed by atoms with Crippen LogP contribution < -0.4 is 0 Å². The van der Waals surface area contributed by atoms with Gasteiger partial charge in [-0.05, 0) is 20.8 Å². The molecule has 0 bridgehead atoms. The average molecular weight is 132 g/mol. The number of rotatable bonds is 0. The molecular weight excluding hydrogens is 120 g/mol. The Morgan fingerprint density at radius 1 is 1.50 bits per heavy atom. The van der Waals surface area contributed by atoms with Crippen LogP contribution in [-0.4, -0.2) is 5.62 Å². The third-order valence-electron chi connectivity index (χ3n) is 0.577. The smallest absolute Gasteiger partial charge is 0.173 e. The Labute approximate surface area is 56.2 Å². The number of hydrogen-bond donors (Lipinski definition) is 1. The van der Waals surface area contributed by atoms with Gasteiger partial charge >= 0.3 is 0 Å². The molecule has 0 aliphatic carbocycles. The Bertz CT molecular complexity index is 72.6. The summed E-state index contributed by atoms with van der Waals surface area (Å²) < 4.78 is 0. The van der Waals surface area contributed by atoms with Crippen LogP contribution in [-0.2, 0) is 4.79 Å². The van der Waals surface area contributed by atoms with Gasteiger partial charge in [-0.25, -0.2) is 0 Å². The summed E-state index contributed by atoms with van der Waals surface area (Å²) >= 11 is 3.11. The van der Waals surface area contributed by atoms with Crippen molar-refractivity contribution in [3.05, 3.63) is 11.6 Å². The Morgan fingerprint density at radius 2 is 1.62 bits per heavy atom. The highest BCUT2D eigenvalue weighted by Gasteiger charge is 1.60. The van der Waals surface area contributed by atoms with Gasteiger partial charge in [-0.15, -0.1) is 12.6 Å². The fourth-order valence-electron chi connectivity index (χ4n) is 0. The summed E-state index contributed by atoms with van der Waals surface area (Å²) in [6.45, 7) is 6.20. The third kappa shape index (κ3) is 42.1. The van der Waals surface area contributed by atoms with Crippen LogP contribution in [0.3, 0.4) is 0 Å². The molecule has 2 heteroatoms. The van der Waals surface area contributed by atoms with Gasteiger partial charge in [0.15, 0.2) is 5.62 Å². The molecule has 48 valence electrons. The first kappa shape index (κ1) is 10.7. The molecule has 0 spiro atoms. The van der Waals surface area contributed by atoms with Crippen molar-refractivity contribution >= 4 is 18.2 Å². The van der Waals surface area contributed by atoms with Crippen molar-refractivity contribution in [2.75, 3.05) is 0 Å². The van der Waals surface area contributed by atoms with Gasteiger partial charge < -0.3 is 0 Å². The molecule has 0 radical (unpaired) electrons. The molecule has 0 fully saturated rings. The van der Waals surface area contributed by atoms with Crippen LogP contribution in [0.2, 0.25) is 0 Å². The second kappa shape index (κ2) is 9.90. The monoisotopic (exact) mass is 132 g/mol. The summed E-state index contributed by atoms with van der Waals surface area (Å²) in [5.74, 6) is 0. The fourth-order valence-corrected chi connectivity index (χ4v) is 0. The summed E-state index contributed by atoms with van der Waals surface area (Å²) in [7, 11) is 0. The predicted molar refractivity (Wildman–Crippen MR) is 40.8 cm³/mol. The van der Waals surface area contributed by atoms with E-state index >= 15 is 0 Å². The van der Waals surface area contributed by atoms with Crippen LogP contribution >= 0.6 is 12.6 Å². The Kier molecular flexibility index (Phi) is 13.2. The predicted octanol–water partition coefficient (Wildman–Crippen LogP) is 2.08. The quantitative estimate of drug-likeness (QED) is 0.303. The van der Waals surface area contributed by atoms with Crippen molar-refractivity contribution < 1.29 is 4.79 Å². The summed E-state index contributed by atoms with van der Waals surface area (Å²) in [4.78, 5) is 8.67. The van der Waals surface area contributed by atoms with E-state index in [0.29, 0.717) is 5.62 Å². The molecule has 0 aromatic heterocycles. The van der Waals surface area contributed by atoms with E-state index in [9.17, 15) is 0 Å². The van der Waals surface area contributed by atoms with E-state index in [1.165, 1.54) is 5.57 Å². The Balaban J connectivity index is 0. The molecule has 0 aliphatic rings. The number of carbonyl (C=O) groups excluding carboxylic acids is 1. The molecule has 0 rings (SSSR count). The van der Waals surface area contributed by atoms with E-state index in [1.54, 1.807) is 0 Å². The highest BCUT2D eigenvalue weighted by atomic mass is 32.1. The minimum absolute atomic E-state index is 0.444. The van der Waals surface area contributed by atoms with Gasteiger partial charge in [-0.1, -0.05) is 11.6 Å². The Hall–Kier alpha value is -0.240. The lowest BCUT2D eigenvalue weighted by Gasteiger charge is -1.74. The minimum Gasteiger partial charge on any atom is -0.291 e. The first-order chi connectivity index (χ1) is 3.68. The van der Waals surface area contributed by atoms with E-state index in [4.69, 9.17) is 4.79 Å². The van der Waals surface area contributed by atoms with E-state index in [-0.39, 0.29) is 0 Å². The van der Waals surface area contributed by atoms with Crippen LogP contribution in [0, 0.1) is 0 Å². The van der Waals surface area contributed by atoms with E-state index < -0.39 is 0 Å². The molecule has 0 N–H and O–H groups in total. The molecule has 0 saturated heterocycles. The minimum atomic E-state index is 0.444. The first-order valence-electron chi connectivity index (χ1n) is 2.36. The largest absolute Gasteiger partial charge is 0.291 e. The molecule has 0 aromatic rings. The number of carbonyl (C=O) groups is 1. The molecule has 0 unspecified atom stereocenters. The summed E-state index contributed by atoms with van der Waals surface area (Å²) in [6, 6.07) is 0. The number of thiol groups is 1. The van der Waals surface area contributed by atoms with Crippen LogP contribution in [0.4, 0.5) is 0 Å². The van der Waals surface area contributed by atoms with Gasteiger partial charge in [-0.2, -0.15) is 0 Å². The van der Waals surface area contributed by atoms with Crippen molar-refractivity contribution in [2.24, 2.45) is 0 Å². The summed E-state index contributed by atoms with van der Waals surface area (Å²) in [5.41, 5.74) is 1.82. The van der Waals surface area contributed by atoms with Crippen LogP contribution in [0.5, 0.6) is 0 Å². The van der Waals surface area contributed by atoms with Gasteiger partial charge in [0.2, 0.25) is 0 Å². The Morgan fingerprint density at radius 3 is 1.62 bits per heavy atom. The number of allylic oxidation sites excluding steroid dienone is 2. The molecule has 0 heterocycles. The second-order valence-electron chi connectivity index (χ2n) is 1.47. The molecular formula is C6H12OS. The zero-order valence-corrected chi connectivity index (χ0v) is 6.40. The molecule has 0 saturated carbocycles. The van der Waals surface area contributed by atoms with Crippen molar-refractivity contribution in [1.82, 2.24) is 0 Å².